The fourth-order valence-corrected chi connectivity index (χ4v) is 1.61. The second kappa shape index (κ2) is 3.34. The number of ether oxygens (including phenoxy) is 1. The summed E-state index contributed by atoms with van der Waals surface area (Å²) in [5, 5.41) is 0. The van der Waals surface area contributed by atoms with Crippen molar-refractivity contribution in [3.8, 4) is 0 Å². The minimum atomic E-state index is -4.49. The molecule has 80 valence electrons. The topological polar surface area (TPSA) is 26.3 Å². The average Bonchev–Trinajstić information content (AvgIpc) is 2.16. The van der Waals surface area contributed by atoms with Crippen LogP contribution in [0.4, 0.5) is 13.2 Å². The number of ketones is 1. The monoisotopic (exact) mass is 216 g/mol. The Morgan fingerprint density at radius 2 is 1.93 bits per heavy atom. The lowest BCUT2D eigenvalue weighted by atomic mass is 9.96. The van der Waals surface area contributed by atoms with E-state index in [-0.39, 0.29) is 18.8 Å². The SMILES string of the molecule is O=C1COCc2cccc(C(F)(F)F)c21. The summed E-state index contributed by atoms with van der Waals surface area (Å²) in [5.74, 6) is -0.607. The zero-order chi connectivity index (χ0) is 11.1. The Morgan fingerprint density at radius 1 is 1.20 bits per heavy atom. The van der Waals surface area contributed by atoms with Crippen molar-refractivity contribution >= 4 is 5.78 Å². The Bertz CT molecular complexity index is 410. The summed E-state index contributed by atoms with van der Waals surface area (Å²) in [6, 6.07) is 3.67. The van der Waals surface area contributed by atoms with Crippen LogP contribution in [-0.4, -0.2) is 12.4 Å². The van der Waals surface area contributed by atoms with Crippen molar-refractivity contribution in [2.45, 2.75) is 12.8 Å². The second-order valence-corrected chi connectivity index (χ2v) is 3.25. The van der Waals surface area contributed by atoms with Gasteiger partial charge in [0, 0.05) is 5.56 Å². The van der Waals surface area contributed by atoms with Crippen molar-refractivity contribution in [1.82, 2.24) is 0 Å². The quantitative estimate of drug-likeness (QED) is 0.665. The standard InChI is InChI=1S/C10H7F3O2/c11-10(12,13)7-3-1-2-6-4-15-5-8(14)9(6)7/h1-3H,4-5H2. The van der Waals surface area contributed by atoms with Crippen LogP contribution >= 0.6 is 0 Å². The summed E-state index contributed by atoms with van der Waals surface area (Å²) in [6.45, 7) is -0.217. The molecule has 0 saturated carbocycles. The summed E-state index contributed by atoms with van der Waals surface area (Å²) < 4.78 is 42.5. The Morgan fingerprint density at radius 3 is 2.60 bits per heavy atom. The molecule has 0 atom stereocenters. The van der Waals surface area contributed by atoms with E-state index in [4.69, 9.17) is 4.74 Å². The van der Waals surface area contributed by atoms with Crippen LogP contribution in [0.2, 0.25) is 0 Å². The van der Waals surface area contributed by atoms with Crippen LogP contribution < -0.4 is 0 Å². The highest BCUT2D eigenvalue weighted by Crippen LogP contribution is 2.34. The van der Waals surface area contributed by atoms with Crippen molar-refractivity contribution in [2.75, 3.05) is 6.61 Å². The maximum absolute atomic E-state index is 12.6. The Hall–Kier alpha value is -1.36. The first-order chi connectivity index (χ1) is 7.00. The van der Waals surface area contributed by atoms with E-state index in [1.165, 1.54) is 12.1 Å². The highest BCUT2D eigenvalue weighted by atomic mass is 19.4. The van der Waals surface area contributed by atoms with Gasteiger partial charge in [0.2, 0.25) is 0 Å². The molecular formula is C10H7F3O2. The molecule has 0 bridgehead atoms. The van der Waals surface area contributed by atoms with Gasteiger partial charge in [-0.25, -0.2) is 0 Å². The van der Waals surface area contributed by atoms with E-state index >= 15 is 0 Å². The molecule has 0 aromatic heterocycles. The van der Waals surface area contributed by atoms with Crippen molar-refractivity contribution in [3.05, 3.63) is 34.9 Å². The van der Waals surface area contributed by atoms with E-state index in [1.54, 1.807) is 0 Å². The Kier molecular flexibility index (Phi) is 2.26. The first-order valence-corrected chi connectivity index (χ1v) is 4.30. The molecule has 0 aliphatic carbocycles. The summed E-state index contributed by atoms with van der Waals surface area (Å²) in [7, 11) is 0. The first-order valence-electron chi connectivity index (χ1n) is 4.30. The Labute approximate surface area is 83.7 Å². The Balaban J connectivity index is 2.62. The smallest absolute Gasteiger partial charge is 0.369 e. The molecule has 1 aliphatic rings. The van der Waals surface area contributed by atoms with E-state index in [1.807, 2.05) is 0 Å². The number of fused-ring (bicyclic) bond motifs is 1. The van der Waals surface area contributed by atoms with Crippen LogP contribution in [0.15, 0.2) is 18.2 Å². The third-order valence-corrected chi connectivity index (χ3v) is 2.23. The van der Waals surface area contributed by atoms with Gasteiger partial charge in [-0.3, -0.25) is 4.79 Å². The molecule has 1 aliphatic heterocycles. The number of hydrogen-bond donors (Lipinski definition) is 0. The van der Waals surface area contributed by atoms with Crippen LogP contribution in [0.1, 0.15) is 21.5 Å². The lowest BCUT2D eigenvalue weighted by Gasteiger charge is -2.19. The van der Waals surface area contributed by atoms with Crippen molar-refractivity contribution in [3.63, 3.8) is 0 Å². The van der Waals surface area contributed by atoms with Gasteiger partial charge >= 0.3 is 6.18 Å². The van der Waals surface area contributed by atoms with E-state index in [2.05, 4.69) is 0 Å². The minimum Gasteiger partial charge on any atom is -0.369 e. The predicted molar refractivity (Wildman–Crippen MR) is 45.4 cm³/mol. The molecule has 0 amide bonds. The number of alkyl halides is 3. The van der Waals surface area contributed by atoms with E-state index in [0.717, 1.165) is 6.07 Å². The first kappa shape index (κ1) is 10.2. The number of Topliss-reactive ketones (excluding diaryl/α,β-unsaturated/α-hetero) is 1. The molecule has 5 heteroatoms. The van der Waals surface area contributed by atoms with Gasteiger partial charge in [0.1, 0.15) is 6.61 Å². The van der Waals surface area contributed by atoms with E-state index in [0.29, 0.717) is 5.56 Å². The number of hydrogen-bond acceptors (Lipinski definition) is 2. The molecule has 0 fully saturated rings. The largest absolute Gasteiger partial charge is 0.417 e. The normalized spacial score (nSPS) is 16.3. The van der Waals surface area contributed by atoms with Crippen LogP contribution in [-0.2, 0) is 17.5 Å². The zero-order valence-corrected chi connectivity index (χ0v) is 7.60. The van der Waals surface area contributed by atoms with E-state index in [9.17, 15) is 18.0 Å². The number of carbonyl (C=O) groups excluding carboxylic acids is 1. The lowest BCUT2D eigenvalue weighted by molar-refractivity contribution is -0.138. The minimum absolute atomic E-state index is 0.0605. The maximum atomic E-state index is 12.6. The van der Waals surface area contributed by atoms with Crippen molar-refractivity contribution in [1.29, 1.82) is 0 Å². The van der Waals surface area contributed by atoms with Crippen LogP contribution in [0.25, 0.3) is 0 Å². The van der Waals surface area contributed by atoms with Gasteiger partial charge in [-0.2, -0.15) is 13.2 Å². The molecule has 0 N–H and O–H groups in total. The molecule has 2 nitrogen and oxygen atoms in total. The second-order valence-electron chi connectivity index (χ2n) is 3.25. The highest BCUT2D eigenvalue weighted by Gasteiger charge is 2.37. The maximum Gasteiger partial charge on any atom is 0.417 e. The van der Waals surface area contributed by atoms with Gasteiger partial charge in [-0.05, 0) is 11.6 Å². The summed E-state index contributed by atoms with van der Waals surface area (Å²) in [4.78, 5) is 11.3. The molecule has 0 spiro atoms. The fourth-order valence-electron chi connectivity index (χ4n) is 1.61. The lowest BCUT2D eigenvalue weighted by Crippen LogP contribution is -2.23. The molecule has 1 heterocycles. The molecule has 1 aromatic carbocycles. The summed E-state index contributed by atoms with van der Waals surface area (Å²) in [5.41, 5.74) is -0.800. The molecular weight excluding hydrogens is 209 g/mol. The summed E-state index contributed by atoms with van der Waals surface area (Å²) in [6.07, 6.45) is -4.49. The number of carbonyl (C=O) groups is 1. The van der Waals surface area contributed by atoms with Gasteiger partial charge in [0.05, 0.1) is 12.2 Å². The molecule has 1 aromatic rings. The average molecular weight is 216 g/mol. The molecule has 2 rings (SSSR count). The van der Waals surface area contributed by atoms with Crippen LogP contribution in [0, 0.1) is 0 Å². The third kappa shape index (κ3) is 1.74. The molecule has 0 saturated heterocycles. The van der Waals surface area contributed by atoms with Crippen molar-refractivity contribution in [2.24, 2.45) is 0 Å². The zero-order valence-electron chi connectivity index (χ0n) is 7.60. The highest BCUT2D eigenvalue weighted by molar-refractivity contribution is 6.00. The van der Waals surface area contributed by atoms with Gasteiger partial charge in [-0.1, -0.05) is 12.1 Å². The van der Waals surface area contributed by atoms with Crippen LogP contribution in [0.5, 0.6) is 0 Å². The number of benzene rings is 1. The fraction of sp³-hybridized carbons (Fsp3) is 0.300. The molecule has 0 radical (unpaired) electrons. The predicted octanol–water partition coefficient (Wildman–Crippen LogP) is 2.42. The van der Waals surface area contributed by atoms with Crippen molar-refractivity contribution < 1.29 is 22.7 Å². The summed E-state index contributed by atoms with van der Waals surface area (Å²) >= 11 is 0. The van der Waals surface area contributed by atoms with Gasteiger partial charge in [0.15, 0.2) is 5.78 Å². The van der Waals surface area contributed by atoms with Gasteiger partial charge < -0.3 is 4.74 Å². The number of rotatable bonds is 0. The van der Waals surface area contributed by atoms with Crippen LogP contribution in [0.3, 0.4) is 0 Å². The van der Waals surface area contributed by atoms with E-state index < -0.39 is 17.5 Å². The number of halogens is 3. The molecule has 0 unspecified atom stereocenters. The third-order valence-electron chi connectivity index (χ3n) is 2.23. The van der Waals surface area contributed by atoms with Gasteiger partial charge in [0.25, 0.3) is 0 Å². The molecule has 15 heavy (non-hydrogen) atoms. The van der Waals surface area contributed by atoms with Gasteiger partial charge in [-0.15, -0.1) is 0 Å².